The van der Waals surface area contributed by atoms with Crippen molar-refractivity contribution in [1.82, 2.24) is 0 Å². The van der Waals surface area contributed by atoms with Crippen LogP contribution in [0.5, 0.6) is 0 Å². The smallest absolute Gasteiger partial charge is 0.0557 e. The lowest BCUT2D eigenvalue weighted by molar-refractivity contribution is 0.105. The molecule has 2 aliphatic rings. The average molecular weight is 186 g/mol. The van der Waals surface area contributed by atoms with Crippen molar-refractivity contribution < 1.29 is 5.11 Å². The molecule has 0 radical (unpaired) electrons. The predicted octanol–water partition coefficient (Wildman–Crippen LogP) is 2.52. The summed E-state index contributed by atoms with van der Waals surface area (Å²) >= 11 is 0. The quantitative estimate of drug-likeness (QED) is 0.576. The molecule has 0 saturated carbocycles. The van der Waals surface area contributed by atoms with Crippen LogP contribution in [0.25, 0.3) is 0 Å². The van der Waals surface area contributed by atoms with E-state index in [9.17, 15) is 5.11 Å². The lowest BCUT2D eigenvalue weighted by Crippen LogP contribution is -2.44. The summed E-state index contributed by atoms with van der Waals surface area (Å²) in [6, 6.07) is 0. The third kappa shape index (κ3) is 1.54. The highest BCUT2D eigenvalue weighted by Crippen LogP contribution is 2.60. The normalized spacial score (nSPS) is 55.8. The summed E-state index contributed by atoms with van der Waals surface area (Å²) in [6.07, 6.45) is 6.17. The highest BCUT2D eigenvalue weighted by Gasteiger charge is 2.45. The molecule has 1 N–H and O–H groups in total. The number of aliphatic hydroxyl groups excluding tert-OH is 1. The summed E-state index contributed by atoms with van der Waals surface area (Å²) in [4.78, 5) is 0. The first-order chi connectivity index (χ1) is 5.52. The van der Waals surface area contributed by atoms with E-state index in [1.54, 1.807) is 0 Å². The molecular formula is C10H19OP. The molecule has 1 nitrogen and oxygen atoms in total. The van der Waals surface area contributed by atoms with E-state index in [1.807, 2.05) is 0 Å². The van der Waals surface area contributed by atoms with Gasteiger partial charge in [-0.2, -0.15) is 0 Å². The summed E-state index contributed by atoms with van der Waals surface area (Å²) < 4.78 is 0. The molecule has 2 aliphatic heterocycles. The largest absolute Gasteiger partial charge is 0.393 e. The molecule has 70 valence electrons. The third-order valence-electron chi connectivity index (χ3n) is 3.43. The molecule has 12 heavy (non-hydrogen) atoms. The Hall–Kier alpha value is 0.390. The minimum atomic E-state index is -0.0125. The van der Waals surface area contributed by atoms with E-state index in [0.29, 0.717) is 10.3 Å². The molecule has 0 aromatic rings. The van der Waals surface area contributed by atoms with Gasteiger partial charge in [0.25, 0.3) is 0 Å². The number of hydrogen-bond acceptors (Lipinski definition) is 1. The van der Waals surface area contributed by atoms with E-state index in [-0.39, 0.29) is 6.10 Å². The molecule has 2 heteroatoms. The van der Waals surface area contributed by atoms with Gasteiger partial charge in [-0.1, -0.05) is 20.3 Å². The Bertz CT molecular complexity index is 176. The minimum Gasteiger partial charge on any atom is -0.393 e. The SMILES string of the molecule is CC12CCCC(C)(CC(O)C1)P2. The molecule has 0 aromatic heterocycles. The lowest BCUT2D eigenvalue weighted by atomic mass is 9.83. The molecule has 0 aliphatic carbocycles. The Balaban J connectivity index is 2.19. The zero-order chi connectivity index (χ0) is 8.82. The van der Waals surface area contributed by atoms with E-state index in [2.05, 4.69) is 13.8 Å². The van der Waals surface area contributed by atoms with Gasteiger partial charge in [0.15, 0.2) is 0 Å². The summed E-state index contributed by atoms with van der Waals surface area (Å²) in [6.45, 7) is 4.73. The van der Waals surface area contributed by atoms with Crippen LogP contribution in [0.15, 0.2) is 0 Å². The molecule has 2 saturated heterocycles. The Morgan fingerprint density at radius 2 is 1.67 bits per heavy atom. The van der Waals surface area contributed by atoms with Crippen molar-refractivity contribution in [3.8, 4) is 0 Å². The van der Waals surface area contributed by atoms with Crippen LogP contribution in [-0.2, 0) is 0 Å². The van der Waals surface area contributed by atoms with Crippen molar-refractivity contribution in [3.63, 3.8) is 0 Å². The van der Waals surface area contributed by atoms with Crippen molar-refractivity contribution in [2.45, 2.75) is 62.4 Å². The van der Waals surface area contributed by atoms with Gasteiger partial charge in [0.05, 0.1) is 6.10 Å². The molecule has 2 bridgehead atoms. The number of hydrogen-bond donors (Lipinski definition) is 1. The fourth-order valence-corrected chi connectivity index (χ4v) is 5.88. The minimum absolute atomic E-state index is 0.0125. The van der Waals surface area contributed by atoms with E-state index in [1.165, 1.54) is 19.3 Å². The van der Waals surface area contributed by atoms with Crippen molar-refractivity contribution >= 4 is 8.58 Å². The van der Waals surface area contributed by atoms with Crippen LogP contribution in [0.3, 0.4) is 0 Å². The second-order valence-corrected chi connectivity index (χ2v) is 7.83. The van der Waals surface area contributed by atoms with E-state index < -0.39 is 0 Å². The van der Waals surface area contributed by atoms with E-state index >= 15 is 0 Å². The fourth-order valence-electron chi connectivity index (χ4n) is 3.14. The van der Waals surface area contributed by atoms with Crippen LogP contribution in [-0.4, -0.2) is 21.5 Å². The molecule has 2 heterocycles. The maximum Gasteiger partial charge on any atom is 0.0557 e. The Kier molecular flexibility index (Phi) is 2.01. The average Bonchev–Trinajstić information content (AvgIpc) is 1.79. The molecule has 0 amide bonds. The van der Waals surface area contributed by atoms with Gasteiger partial charge in [-0.3, -0.25) is 0 Å². The van der Waals surface area contributed by atoms with E-state index in [4.69, 9.17) is 0 Å². The first-order valence-corrected chi connectivity index (χ1v) is 5.99. The topological polar surface area (TPSA) is 20.2 Å². The maximum absolute atomic E-state index is 9.75. The van der Waals surface area contributed by atoms with Crippen LogP contribution < -0.4 is 0 Å². The van der Waals surface area contributed by atoms with Gasteiger partial charge < -0.3 is 5.11 Å². The fraction of sp³-hybridized carbons (Fsp3) is 1.00. The Morgan fingerprint density at radius 1 is 1.17 bits per heavy atom. The van der Waals surface area contributed by atoms with Gasteiger partial charge in [-0.25, -0.2) is 0 Å². The first kappa shape index (κ1) is 8.97. The zero-order valence-electron chi connectivity index (χ0n) is 8.06. The molecule has 2 fully saturated rings. The second-order valence-electron chi connectivity index (χ2n) is 5.16. The van der Waals surface area contributed by atoms with Gasteiger partial charge in [0.1, 0.15) is 0 Å². The standard InChI is InChI=1S/C10H19OP/c1-9-4-3-5-10(2,12-9)7-8(11)6-9/h8,11-12H,3-7H2,1-2H3. The summed E-state index contributed by atoms with van der Waals surface area (Å²) in [5.74, 6) is 0. The van der Waals surface area contributed by atoms with Crippen molar-refractivity contribution in [2.75, 3.05) is 0 Å². The molecule has 2 unspecified atom stereocenters. The van der Waals surface area contributed by atoms with Gasteiger partial charge in [-0.15, -0.1) is 8.58 Å². The monoisotopic (exact) mass is 186 g/mol. The van der Waals surface area contributed by atoms with Crippen LogP contribution in [0.1, 0.15) is 46.0 Å². The Labute approximate surface area is 76.7 Å². The van der Waals surface area contributed by atoms with E-state index in [0.717, 1.165) is 21.4 Å². The van der Waals surface area contributed by atoms with Gasteiger partial charge in [0.2, 0.25) is 0 Å². The predicted molar refractivity (Wildman–Crippen MR) is 54.2 cm³/mol. The molecule has 2 atom stereocenters. The number of fused-ring (bicyclic) bond motifs is 2. The zero-order valence-corrected chi connectivity index (χ0v) is 9.06. The highest BCUT2D eigenvalue weighted by molar-refractivity contribution is 7.42. The number of rotatable bonds is 0. The molecule has 0 spiro atoms. The van der Waals surface area contributed by atoms with Crippen LogP contribution >= 0.6 is 8.58 Å². The van der Waals surface area contributed by atoms with Crippen molar-refractivity contribution in [1.29, 1.82) is 0 Å². The first-order valence-electron chi connectivity index (χ1n) is 4.99. The Morgan fingerprint density at radius 3 is 2.17 bits per heavy atom. The van der Waals surface area contributed by atoms with Gasteiger partial charge in [-0.05, 0) is 36.0 Å². The summed E-state index contributed by atoms with van der Waals surface area (Å²) in [7, 11) is 1.09. The van der Waals surface area contributed by atoms with Crippen LogP contribution in [0.2, 0.25) is 0 Å². The van der Waals surface area contributed by atoms with Gasteiger partial charge >= 0.3 is 0 Å². The van der Waals surface area contributed by atoms with Crippen molar-refractivity contribution in [2.24, 2.45) is 0 Å². The van der Waals surface area contributed by atoms with Crippen molar-refractivity contribution in [3.05, 3.63) is 0 Å². The lowest BCUT2D eigenvalue weighted by Gasteiger charge is -2.51. The molecule has 0 aromatic carbocycles. The summed E-state index contributed by atoms with van der Waals surface area (Å²) in [5, 5.41) is 10.7. The van der Waals surface area contributed by atoms with Gasteiger partial charge in [0, 0.05) is 0 Å². The highest BCUT2D eigenvalue weighted by atomic mass is 31.1. The summed E-state index contributed by atoms with van der Waals surface area (Å²) in [5.41, 5.74) is 0. The van der Waals surface area contributed by atoms with Crippen LogP contribution in [0.4, 0.5) is 0 Å². The second kappa shape index (κ2) is 2.69. The van der Waals surface area contributed by atoms with Crippen LogP contribution in [0, 0.1) is 0 Å². The molecular weight excluding hydrogens is 167 g/mol. The third-order valence-corrected chi connectivity index (χ3v) is 5.55. The molecule has 2 rings (SSSR count). The maximum atomic E-state index is 9.75. The number of aliphatic hydroxyl groups is 1.